The number of nitrogens with zero attached hydrogens (tertiary/aromatic N) is 5. The molecule has 2 saturated heterocycles. The Morgan fingerprint density at radius 3 is 1.86 bits per heavy atom. The zero-order chi connectivity index (χ0) is 50.2. The van der Waals surface area contributed by atoms with Gasteiger partial charge in [0, 0.05) is 52.0 Å². The summed E-state index contributed by atoms with van der Waals surface area (Å²) >= 11 is 0. The van der Waals surface area contributed by atoms with Crippen molar-refractivity contribution in [3.05, 3.63) is 177 Å². The predicted octanol–water partition coefficient (Wildman–Crippen LogP) is 2.77. The minimum Gasteiger partial charge on any atom is -0.650 e. The summed E-state index contributed by atoms with van der Waals surface area (Å²) < 4.78 is 1.90. The number of β-amino-alcohol motifs (C(OH)–C–C–N with tert-alkyl or cyclic N) is 1. The first-order chi connectivity index (χ1) is 34.2. The number of amides is 2. The number of likely N-dealkylation sites (tertiary alicyclic amines) is 1. The number of rotatable bonds is 17. The van der Waals surface area contributed by atoms with Gasteiger partial charge in [-0.1, -0.05) is 98.0 Å². The minimum atomic E-state index is -0.997. The topological polar surface area (TPSA) is 248 Å². The maximum absolute atomic E-state index is 13.8. The van der Waals surface area contributed by atoms with E-state index in [2.05, 4.69) is 21.3 Å². The van der Waals surface area contributed by atoms with Crippen molar-refractivity contribution in [2.45, 2.75) is 51.1 Å². The molecule has 18 nitrogen and oxygen atoms in total. The summed E-state index contributed by atoms with van der Waals surface area (Å²) in [6, 6.07) is 29.3. The van der Waals surface area contributed by atoms with E-state index in [9.17, 15) is 49.2 Å². The summed E-state index contributed by atoms with van der Waals surface area (Å²) in [6.45, 7) is 5.37. The number of para-hydroxylation sites is 2. The van der Waals surface area contributed by atoms with Crippen LogP contribution < -0.4 is 56.5 Å². The molecule has 9 rings (SSSR count). The van der Waals surface area contributed by atoms with Crippen molar-refractivity contribution in [1.82, 2.24) is 19.3 Å². The number of aliphatic hydroxyl groups is 2. The molecule has 1 aromatic heterocycles. The second-order valence-electron chi connectivity index (χ2n) is 17.9. The molecule has 2 fully saturated rings. The Kier molecular flexibility index (Phi) is 14.9. The molecular formula is C53H53LiN8O10. The van der Waals surface area contributed by atoms with Gasteiger partial charge in [0.2, 0.25) is 10.9 Å². The second kappa shape index (κ2) is 21.1. The molecule has 7 N–H and O–H groups in total. The number of carbonyl (C=O) groups is 2. The van der Waals surface area contributed by atoms with Crippen LogP contribution in [-0.2, 0) is 7.05 Å². The Labute approximate surface area is 425 Å². The molecule has 19 heteroatoms. The van der Waals surface area contributed by atoms with Crippen LogP contribution in [0.15, 0.2) is 122 Å². The van der Waals surface area contributed by atoms with Gasteiger partial charge in [-0.25, -0.2) is 0 Å². The number of aliphatic hydroxyl groups excluding tert-OH is 2. The second-order valence-corrected chi connectivity index (χ2v) is 17.9. The number of aromatic nitrogens is 1. The number of hydrogen-bond acceptors (Lipinski definition) is 14. The SMILES string of the molecule is CC[C@@H](Nc1c([N-]c2cccc(C(=O)N3CC(O)C3)c2O)c(=O)c1=O)c1ccc(-c2ccc(C(O)N3CCN(C(=O)c4cccc(Nc5c(N[C@H](CC)c6ccccc6)c(=O)c5=O)c4O)CC3)n2C)cc1.[Li+]. The van der Waals surface area contributed by atoms with Gasteiger partial charge in [-0.2, -0.15) is 0 Å². The van der Waals surface area contributed by atoms with E-state index in [1.54, 1.807) is 11.0 Å². The van der Waals surface area contributed by atoms with Crippen LogP contribution in [0.3, 0.4) is 0 Å². The van der Waals surface area contributed by atoms with Crippen LogP contribution in [-0.4, -0.2) is 96.9 Å². The van der Waals surface area contributed by atoms with Crippen LogP contribution in [0.1, 0.15) is 82.5 Å². The zero-order valence-electron chi connectivity index (χ0n) is 40.3. The molecule has 0 saturated carbocycles. The van der Waals surface area contributed by atoms with Gasteiger partial charge in [0.05, 0.1) is 46.4 Å². The van der Waals surface area contributed by atoms with E-state index < -0.39 is 51.6 Å². The van der Waals surface area contributed by atoms with Crippen molar-refractivity contribution in [3.8, 4) is 22.8 Å². The molecule has 0 aliphatic carbocycles. The monoisotopic (exact) mass is 968 g/mol. The molecule has 0 spiro atoms. The first kappa shape index (κ1) is 50.9. The average Bonchev–Trinajstić information content (AvgIpc) is 3.78. The molecule has 3 heterocycles. The van der Waals surface area contributed by atoms with Crippen molar-refractivity contribution in [1.29, 1.82) is 0 Å². The fourth-order valence-electron chi connectivity index (χ4n) is 9.29. The van der Waals surface area contributed by atoms with Crippen LogP contribution in [0.2, 0.25) is 0 Å². The quantitative estimate of drug-likeness (QED) is 0.0394. The van der Waals surface area contributed by atoms with E-state index in [-0.39, 0.29) is 108 Å². The molecule has 366 valence electrons. The molecule has 3 atom stereocenters. The van der Waals surface area contributed by atoms with E-state index in [1.165, 1.54) is 35.2 Å². The number of anilines is 4. The van der Waals surface area contributed by atoms with E-state index >= 15 is 0 Å². The Morgan fingerprint density at radius 2 is 1.22 bits per heavy atom. The van der Waals surface area contributed by atoms with Crippen molar-refractivity contribution in [2.24, 2.45) is 7.05 Å². The van der Waals surface area contributed by atoms with E-state index in [4.69, 9.17) is 0 Å². The summed E-state index contributed by atoms with van der Waals surface area (Å²) in [4.78, 5) is 82.4. The number of aromatic hydroxyl groups is 2. The molecule has 6 aromatic carbocycles. The average molecular weight is 969 g/mol. The molecule has 2 aliphatic heterocycles. The summed E-state index contributed by atoms with van der Waals surface area (Å²) in [6.07, 6.45) is -0.436. The maximum Gasteiger partial charge on any atom is 1.00 e. The van der Waals surface area contributed by atoms with Crippen LogP contribution in [0.5, 0.6) is 11.5 Å². The van der Waals surface area contributed by atoms with Gasteiger partial charge in [-0.05, 0) is 59.9 Å². The number of piperazine rings is 1. The molecule has 0 bridgehead atoms. The molecule has 0 radical (unpaired) electrons. The zero-order valence-corrected chi connectivity index (χ0v) is 40.3. The van der Waals surface area contributed by atoms with Crippen molar-refractivity contribution in [2.75, 3.05) is 55.2 Å². The van der Waals surface area contributed by atoms with Crippen LogP contribution in [0, 0.1) is 0 Å². The fraction of sp³-hybridized carbons (Fsp3) is 0.283. The summed E-state index contributed by atoms with van der Waals surface area (Å²) in [5.74, 6) is -1.70. The van der Waals surface area contributed by atoms with Crippen molar-refractivity contribution in [3.63, 3.8) is 0 Å². The van der Waals surface area contributed by atoms with Gasteiger partial charge in [0.1, 0.15) is 23.4 Å². The molecule has 7 aromatic rings. The number of hydrogen-bond donors (Lipinski definition) is 7. The van der Waals surface area contributed by atoms with Gasteiger partial charge in [-0.3, -0.25) is 33.7 Å². The Morgan fingerprint density at radius 1 is 0.653 bits per heavy atom. The third-order valence-electron chi connectivity index (χ3n) is 13.6. The number of carbonyl (C=O) groups excluding carboxylic acids is 2. The van der Waals surface area contributed by atoms with E-state index in [0.717, 1.165) is 22.4 Å². The first-order valence-corrected chi connectivity index (χ1v) is 23.5. The Balaban J connectivity index is 0.00000693. The maximum atomic E-state index is 13.8. The standard InChI is InChI=1S/C53H54N8O10.Li/c1-4-35(29-11-7-6-8-12-29)54-41-43(49(67)47(41)65)56-37-15-9-13-33(45(37)63)51(69)59-23-25-60(26-24-59)53(71)40-22-21-39(58(40)3)31-19-17-30(18-20-31)36(5-2)55-42-44(50(68)48(42)66)57-38-16-10-14-34(46(38)64)52(70)61-27-32(62)28-61;/h6-22,32,35-36,53,62,71H,4-5,23-28H2,1-3H3,(H6,54,55,56,57,63,64,65,66,67,68,69,70);/q;+1/p-1/t35-,36-,53?;/m1./s1. The summed E-state index contributed by atoms with van der Waals surface area (Å²) in [5.41, 5.74) is 1.17. The predicted molar refractivity (Wildman–Crippen MR) is 270 cm³/mol. The summed E-state index contributed by atoms with van der Waals surface area (Å²) in [5, 5.41) is 56.9. The Hall–Kier alpha value is -7.46. The van der Waals surface area contributed by atoms with E-state index in [0.29, 0.717) is 31.6 Å². The van der Waals surface area contributed by atoms with Crippen LogP contribution >= 0.6 is 0 Å². The summed E-state index contributed by atoms with van der Waals surface area (Å²) in [7, 11) is 1.85. The normalized spacial score (nSPS) is 15.3. The molecular weight excluding hydrogens is 916 g/mol. The number of nitrogens with one attached hydrogen (secondary N) is 3. The van der Waals surface area contributed by atoms with E-state index in [1.807, 2.05) is 97.1 Å². The van der Waals surface area contributed by atoms with Crippen molar-refractivity contribution < 1.29 is 48.9 Å². The fourth-order valence-corrected chi connectivity index (χ4v) is 9.29. The van der Waals surface area contributed by atoms with Gasteiger partial charge in [0.15, 0.2) is 5.75 Å². The first-order valence-electron chi connectivity index (χ1n) is 23.5. The van der Waals surface area contributed by atoms with Gasteiger partial charge in [-0.15, -0.1) is 0 Å². The molecule has 1 unspecified atom stereocenters. The minimum absolute atomic E-state index is 0. The number of benzene rings is 4. The largest absolute Gasteiger partial charge is 1.00 e. The van der Waals surface area contributed by atoms with Crippen LogP contribution in [0.4, 0.5) is 34.1 Å². The van der Waals surface area contributed by atoms with Gasteiger partial charge in [0.25, 0.3) is 22.7 Å². The number of phenolic OH excluding ortho intramolecular Hbond substituents is 2. The van der Waals surface area contributed by atoms with Crippen LogP contribution in [0.25, 0.3) is 16.6 Å². The molecule has 72 heavy (non-hydrogen) atoms. The molecule has 2 amide bonds. The molecule has 2 aliphatic rings. The van der Waals surface area contributed by atoms with Gasteiger partial charge >= 0.3 is 18.9 Å². The third kappa shape index (κ3) is 9.54. The third-order valence-corrected chi connectivity index (χ3v) is 13.6. The van der Waals surface area contributed by atoms with Crippen molar-refractivity contribution >= 4 is 45.9 Å². The Bertz CT molecular complexity index is 3280. The smallest absolute Gasteiger partial charge is 0.650 e. The van der Waals surface area contributed by atoms with Gasteiger partial charge < -0.3 is 56.1 Å². The number of phenols is 2.